The Morgan fingerprint density at radius 1 is 1.05 bits per heavy atom. The predicted molar refractivity (Wildman–Crippen MR) is 77.2 cm³/mol. The van der Waals surface area contributed by atoms with Crippen LogP contribution in [0.15, 0.2) is 48.5 Å². The molecular formula is C17H14FNO. The zero-order valence-electron chi connectivity index (χ0n) is 11.1. The number of phenols is 1. The van der Waals surface area contributed by atoms with Crippen LogP contribution in [0.4, 0.5) is 4.39 Å². The van der Waals surface area contributed by atoms with Crippen LogP contribution in [-0.2, 0) is 0 Å². The summed E-state index contributed by atoms with van der Waals surface area (Å²) in [7, 11) is 0. The van der Waals surface area contributed by atoms with Crippen molar-refractivity contribution >= 4 is 11.1 Å². The van der Waals surface area contributed by atoms with Crippen molar-refractivity contribution in [3.8, 4) is 11.8 Å². The highest BCUT2D eigenvalue weighted by Gasteiger charge is 2.10. The lowest BCUT2D eigenvalue weighted by atomic mass is 9.93. The molecule has 0 bridgehead atoms. The first kappa shape index (κ1) is 13.8. The number of phenolic OH excluding ortho intramolecular Hbond substituents is 1. The molecule has 2 aromatic rings. The second-order valence-corrected chi connectivity index (χ2v) is 4.37. The summed E-state index contributed by atoms with van der Waals surface area (Å²) in [6.07, 6.45) is 0.672. The first-order valence-electron chi connectivity index (χ1n) is 6.34. The zero-order chi connectivity index (χ0) is 14.5. The van der Waals surface area contributed by atoms with Crippen molar-refractivity contribution in [1.82, 2.24) is 0 Å². The monoisotopic (exact) mass is 267 g/mol. The molecule has 2 aromatic carbocycles. The SMILES string of the molecule is CC/C(=C(/C#N)c1ccc(F)cc1)c1ccc(O)cc1. The Hall–Kier alpha value is -2.60. The maximum absolute atomic E-state index is 13.0. The van der Waals surface area contributed by atoms with E-state index in [9.17, 15) is 14.8 Å². The van der Waals surface area contributed by atoms with Gasteiger partial charge in [0, 0.05) is 0 Å². The lowest BCUT2D eigenvalue weighted by Crippen LogP contribution is -1.91. The van der Waals surface area contributed by atoms with Gasteiger partial charge in [-0.25, -0.2) is 4.39 Å². The minimum Gasteiger partial charge on any atom is -0.508 e. The third-order valence-electron chi connectivity index (χ3n) is 3.12. The summed E-state index contributed by atoms with van der Waals surface area (Å²) >= 11 is 0. The van der Waals surface area contributed by atoms with E-state index in [0.717, 1.165) is 11.1 Å². The molecule has 0 radical (unpaired) electrons. The van der Waals surface area contributed by atoms with Gasteiger partial charge in [0.2, 0.25) is 0 Å². The number of hydrogen-bond donors (Lipinski definition) is 1. The van der Waals surface area contributed by atoms with Crippen molar-refractivity contribution in [2.75, 3.05) is 0 Å². The van der Waals surface area contributed by atoms with Crippen LogP contribution in [0.2, 0.25) is 0 Å². The van der Waals surface area contributed by atoms with E-state index in [1.807, 2.05) is 6.92 Å². The molecule has 0 amide bonds. The number of halogens is 1. The number of benzene rings is 2. The van der Waals surface area contributed by atoms with Crippen molar-refractivity contribution < 1.29 is 9.50 Å². The van der Waals surface area contributed by atoms with Gasteiger partial charge in [-0.2, -0.15) is 5.26 Å². The Morgan fingerprint density at radius 3 is 2.10 bits per heavy atom. The second-order valence-electron chi connectivity index (χ2n) is 4.37. The van der Waals surface area contributed by atoms with E-state index in [0.29, 0.717) is 17.6 Å². The number of hydrogen-bond acceptors (Lipinski definition) is 2. The summed E-state index contributed by atoms with van der Waals surface area (Å²) in [6.45, 7) is 1.96. The Bertz CT molecular complexity index is 664. The van der Waals surface area contributed by atoms with Gasteiger partial charge in [0.25, 0.3) is 0 Å². The van der Waals surface area contributed by atoms with Crippen LogP contribution in [0.25, 0.3) is 11.1 Å². The molecule has 0 atom stereocenters. The third kappa shape index (κ3) is 2.86. The second kappa shape index (κ2) is 6.03. The van der Waals surface area contributed by atoms with Gasteiger partial charge in [0.05, 0.1) is 5.57 Å². The molecule has 100 valence electrons. The molecule has 2 nitrogen and oxygen atoms in total. The van der Waals surface area contributed by atoms with Gasteiger partial charge in [0.1, 0.15) is 17.6 Å². The van der Waals surface area contributed by atoms with Crippen LogP contribution in [0, 0.1) is 17.1 Å². The van der Waals surface area contributed by atoms with Crippen LogP contribution >= 0.6 is 0 Å². The van der Waals surface area contributed by atoms with Crippen molar-refractivity contribution in [3.63, 3.8) is 0 Å². The van der Waals surface area contributed by atoms with E-state index in [1.54, 1.807) is 36.4 Å². The normalized spacial score (nSPS) is 11.7. The van der Waals surface area contributed by atoms with Gasteiger partial charge in [-0.3, -0.25) is 0 Å². The lowest BCUT2D eigenvalue weighted by Gasteiger charge is -2.09. The molecule has 0 aliphatic rings. The lowest BCUT2D eigenvalue weighted by molar-refractivity contribution is 0.475. The molecule has 2 rings (SSSR count). The van der Waals surface area contributed by atoms with Gasteiger partial charge in [-0.1, -0.05) is 31.2 Å². The average molecular weight is 267 g/mol. The molecule has 0 saturated heterocycles. The molecule has 0 fully saturated rings. The minimum absolute atomic E-state index is 0.185. The topological polar surface area (TPSA) is 44.0 Å². The van der Waals surface area contributed by atoms with Crippen molar-refractivity contribution in [2.24, 2.45) is 0 Å². The van der Waals surface area contributed by atoms with Crippen molar-refractivity contribution in [2.45, 2.75) is 13.3 Å². The van der Waals surface area contributed by atoms with Crippen LogP contribution in [-0.4, -0.2) is 5.11 Å². The van der Waals surface area contributed by atoms with E-state index in [4.69, 9.17) is 0 Å². The summed E-state index contributed by atoms with van der Waals surface area (Å²) in [5.41, 5.74) is 2.97. The van der Waals surface area contributed by atoms with E-state index >= 15 is 0 Å². The summed E-state index contributed by atoms with van der Waals surface area (Å²) in [4.78, 5) is 0. The molecule has 3 heteroatoms. The fourth-order valence-corrected chi connectivity index (χ4v) is 2.11. The summed E-state index contributed by atoms with van der Waals surface area (Å²) in [6, 6.07) is 14.8. The van der Waals surface area contributed by atoms with Crippen LogP contribution in [0.5, 0.6) is 5.75 Å². The number of nitriles is 1. The third-order valence-corrected chi connectivity index (χ3v) is 3.12. The van der Waals surface area contributed by atoms with Gasteiger partial charge >= 0.3 is 0 Å². The summed E-state index contributed by atoms with van der Waals surface area (Å²) in [5.74, 6) is -0.141. The van der Waals surface area contributed by atoms with Crippen LogP contribution < -0.4 is 0 Å². The first-order valence-corrected chi connectivity index (χ1v) is 6.34. The van der Waals surface area contributed by atoms with Crippen molar-refractivity contribution in [3.05, 3.63) is 65.5 Å². The maximum Gasteiger partial charge on any atom is 0.123 e. The molecule has 0 saturated carbocycles. The van der Waals surface area contributed by atoms with E-state index in [2.05, 4.69) is 6.07 Å². The molecule has 0 unspecified atom stereocenters. The molecule has 0 heterocycles. The summed E-state index contributed by atoms with van der Waals surface area (Å²) in [5, 5.41) is 18.7. The van der Waals surface area contributed by atoms with Gasteiger partial charge < -0.3 is 5.11 Å². The molecule has 0 aliphatic carbocycles. The zero-order valence-corrected chi connectivity index (χ0v) is 11.1. The van der Waals surface area contributed by atoms with Crippen LogP contribution in [0.3, 0.4) is 0 Å². The Kier molecular flexibility index (Phi) is 4.17. The fraction of sp³-hybridized carbons (Fsp3) is 0.118. The van der Waals surface area contributed by atoms with E-state index in [-0.39, 0.29) is 11.6 Å². The average Bonchev–Trinajstić information content (AvgIpc) is 2.47. The number of rotatable bonds is 3. The maximum atomic E-state index is 13.0. The quantitative estimate of drug-likeness (QED) is 0.662. The van der Waals surface area contributed by atoms with Gasteiger partial charge in [-0.05, 0) is 47.4 Å². The number of allylic oxidation sites excluding steroid dienone is 2. The largest absolute Gasteiger partial charge is 0.508 e. The van der Waals surface area contributed by atoms with E-state index in [1.165, 1.54) is 12.1 Å². The standard InChI is InChI=1S/C17H14FNO/c1-2-16(12-5-9-15(20)10-6-12)17(11-19)13-3-7-14(18)8-4-13/h3-10,20H,2H2,1H3/b17-16+. The Balaban J connectivity index is 2.56. The predicted octanol–water partition coefficient (Wildman–Crippen LogP) is 4.38. The highest BCUT2D eigenvalue weighted by Crippen LogP contribution is 2.29. The highest BCUT2D eigenvalue weighted by atomic mass is 19.1. The van der Waals surface area contributed by atoms with Crippen molar-refractivity contribution in [1.29, 1.82) is 5.26 Å². The minimum atomic E-state index is -0.325. The summed E-state index contributed by atoms with van der Waals surface area (Å²) < 4.78 is 13.0. The molecule has 20 heavy (non-hydrogen) atoms. The molecule has 0 aliphatic heterocycles. The number of aromatic hydroxyl groups is 1. The highest BCUT2D eigenvalue weighted by molar-refractivity contribution is 5.97. The van der Waals surface area contributed by atoms with Crippen LogP contribution in [0.1, 0.15) is 24.5 Å². The smallest absolute Gasteiger partial charge is 0.123 e. The Labute approximate surface area is 117 Å². The van der Waals surface area contributed by atoms with Gasteiger partial charge in [-0.15, -0.1) is 0 Å². The molecule has 0 aromatic heterocycles. The first-order chi connectivity index (χ1) is 9.65. The molecule has 0 spiro atoms. The molecular weight excluding hydrogens is 253 g/mol. The Morgan fingerprint density at radius 2 is 1.60 bits per heavy atom. The van der Waals surface area contributed by atoms with E-state index < -0.39 is 0 Å². The molecule has 1 N–H and O–H groups in total. The fourth-order valence-electron chi connectivity index (χ4n) is 2.11. The number of nitrogens with zero attached hydrogens (tertiary/aromatic N) is 1. The van der Waals surface area contributed by atoms with Gasteiger partial charge in [0.15, 0.2) is 0 Å².